The summed E-state index contributed by atoms with van der Waals surface area (Å²) in [5.74, 6) is 1.84. The number of benzene rings is 2. The molecule has 0 spiro atoms. The van der Waals surface area contributed by atoms with Crippen LogP contribution in [0.5, 0.6) is 11.9 Å². The summed E-state index contributed by atoms with van der Waals surface area (Å²) in [7, 11) is 0. The Kier molecular flexibility index (Phi) is 6.31. The monoisotopic (exact) mass is 638 g/mol. The van der Waals surface area contributed by atoms with E-state index >= 15 is 4.39 Å². The highest BCUT2D eigenvalue weighted by atomic mass is 19.1. The average Bonchev–Trinajstić information content (AvgIpc) is 3.65. The number of hydrogen-bond donors (Lipinski definition) is 1. The molecule has 2 bridgehead atoms. The van der Waals surface area contributed by atoms with Gasteiger partial charge in [-0.2, -0.15) is 9.97 Å². The van der Waals surface area contributed by atoms with Gasteiger partial charge in [0.25, 0.3) is 0 Å². The molecular formula is C36H33F3N6O2. The van der Waals surface area contributed by atoms with Gasteiger partial charge in [0.2, 0.25) is 5.88 Å². The molecule has 0 amide bonds. The van der Waals surface area contributed by atoms with Gasteiger partial charge in [0, 0.05) is 49.1 Å². The summed E-state index contributed by atoms with van der Waals surface area (Å²) < 4.78 is 59.6. The molecule has 2 aromatic heterocycles. The molecule has 8 nitrogen and oxygen atoms in total. The minimum atomic E-state index is -0.961. The predicted molar refractivity (Wildman–Crippen MR) is 172 cm³/mol. The molecule has 0 radical (unpaired) electrons. The number of ether oxygens (including phenoxy) is 2. The van der Waals surface area contributed by atoms with Gasteiger partial charge < -0.3 is 19.7 Å². The first kappa shape index (κ1) is 28.8. The molecule has 0 saturated carbocycles. The van der Waals surface area contributed by atoms with Crippen LogP contribution in [0.3, 0.4) is 0 Å². The van der Waals surface area contributed by atoms with Crippen LogP contribution in [0.4, 0.5) is 19.0 Å². The molecule has 7 heterocycles. The number of fused-ring (bicyclic) bond motifs is 7. The van der Waals surface area contributed by atoms with Crippen LogP contribution in [0.15, 0.2) is 42.5 Å². The molecule has 2 aromatic carbocycles. The number of terminal acetylenes is 1. The van der Waals surface area contributed by atoms with E-state index < -0.39 is 23.3 Å². The Labute approximate surface area is 270 Å². The lowest BCUT2D eigenvalue weighted by atomic mass is 9.93. The Morgan fingerprint density at radius 3 is 2.87 bits per heavy atom. The number of hydrogen-bond acceptors (Lipinski definition) is 8. The molecule has 4 saturated heterocycles. The highest BCUT2D eigenvalue weighted by molar-refractivity contribution is 6.03. The van der Waals surface area contributed by atoms with Gasteiger partial charge >= 0.3 is 6.01 Å². The van der Waals surface area contributed by atoms with Crippen LogP contribution < -0.4 is 19.7 Å². The van der Waals surface area contributed by atoms with E-state index in [1.165, 1.54) is 6.07 Å². The van der Waals surface area contributed by atoms with Gasteiger partial charge in [-0.15, -0.1) is 6.42 Å². The molecule has 11 heteroatoms. The standard InChI is InChI=1S/C36H33F3N6O2/c1-4-23-25(38)10-8-20-6-5-7-24(27(20)23)30-29(39)31-28-33(45-16-22-9-11-26(40-22)32(45)19(3)47-34(28)41-30)43-35(42-31)46-17-36-12-18(2)14-44(36)15-21(37)13-36/h1,5-8,10,19,21-22,26,32,40H,2,9,11-17H2,3H3/t19-,21-,22?,26?,32+,36-/m1/s1. The molecule has 240 valence electrons. The van der Waals surface area contributed by atoms with Gasteiger partial charge in [-0.25, -0.2) is 18.2 Å². The van der Waals surface area contributed by atoms with Crippen molar-refractivity contribution in [3.63, 3.8) is 0 Å². The van der Waals surface area contributed by atoms with E-state index in [9.17, 15) is 8.78 Å². The number of piperazine rings is 1. The van der Waals surface area contributed by atoms with Crippen LogP contribution in [0.2, 0.25) is 0 Å². The lowest BCUT2D eigenvalue weighted by Gasteiger charge is -2.42. The zero-order chi connectivity index (χ0) is 32.2. The van der Waals surface area contributed by atoms with E-state index in [0.717, 1.165) is 18.4 Å². The van der Waals surface area contributed by atoms with Gasteiger partial charge in [0.15, 0.2) is 5.82 Å². The van der Waals surface area contributed by atoms with Crippen molar-refractivity contribution in [2.75, 3.05) is 31.1 Å². The number of alkyl halides is 1. The van der Waals surface area contributed by atoms with E-state index in [2.05, 4.69) is 32.6 Å². The quantitative estimate of drug-likeness (QED) is 0.238. The second kappa shape index (κ2) is 10.3. The van der Waals surface area contributed by atoms with Gasteiger partial charge in [0.05, 0.1) is 17.1 Å². The third kappa shape index (κ3) is 4.27. The van der Waals surface area contributed by atoms with Crippen molar-refractivity contribution in [2.24, 2.45) is 0 Å². The van der Waals surface area contributed by atoms with Crippen LogP contribution in [0, 0.1) is 24.0 Å². The maximum absolute atomic E-state index is 17.1. The van der Waals surface area contributed by atoms with Crippen LogP contribution >= 0.6 is 0 Å². The van der Waals surface area contributed by atoms with Crippen molar-refractivity contribution in [3.05, 3.63) is 59.7 Å². The van der Waals surface area contributed by atoms with Gasteiger partial charge in [0.1, 0.15) is 47.1 Å². The molecule has 5 aliphatic heterocycles. The molecule has 5 aliphatic rings. The Morgan fingerprint density at radius 2 is 2.02 bits per heavy atom. The van der Waals surface area contributed by atoms with E-state index in [-0.39, 0.29) is 59.5 Å². The number of rotatable bonds is 4. The molecule has 0 aliphatic carbocycles. The summed E-state index contributed by atoms with van der Waals surface area (Å²) in [6.45, 7) is 7.87. The number of aromatic nitrogens is 3. The summed E-state index contributed by atoms with van der Waals surface area (Å²) in [5.41, 5.74) is 0.751. The minimum Gasteiger partial charge on any atom is -0.472 e. The second-order valence-corrected chi connectivity index (χ2v) is 13.7. The molecule has 4 aromatic rings. The van der Waals surface area contributed by atoms with Gasteiger partial charge in [-0.3, -0.25) is 4.90 Å². The Bertz CT molecular complexity index is 2050. The van der Waals surface area contributed by atoms with E-state index in [0.29, 0.717) is 60.0 Å². The van der Waals surface area contributed by atoms with Gasteiger partial charge in [-0.05, 0) is 37.6 Å². The zero-order valence-corrected chi connectivity index (χ0v) is 25.9. The van der Waals surface area contributed by atoms with Crippen LogP contribution in [0.25, 0.3) is 32.9 Å². The SMILES string of the molecule is C#Cc1c(F)ccc2cccc(-c3nc4c5c(nc(OC[C@]67CC(=C)CN6C[C@H](F)C7)nc5c3F)N3CC5CCC(N5)[C@@H]3[C@@H](C)O4)c12. The zero-order valence-electron chi connectivity index (χ0n) is 25.9. The summed E-state index contributed by atoms with van der Waals surface area (Å²) in [4.78, 5) is 18.6. The molecule has 9 rings (SSSR count). The Hall–Kier alpha value is -4.40. The lowest BCUT2D eigenvalue weighted by molar-refractivity contribution is 0.107. The Balaban J connectivity index is 1.25. The molecular weight excluding hydrogens is 605 g/mol. The van der Waals surface area contributed by atoms with Gasteiger partial charge in [-0.1, -0.05) is 42.3 Å². The fourth-order valence-electron chi connectivity index (χ4n) is 8.87. The average molecular weight is 639 g/mol. The Morgan fingerprint density at radius 1 is 1.15 bits per heavy atom. The first-order chi connectivity index (χ1) is 22.7. The van der Waals surface area contributed by atoms with E-state index in [4.69, 9.17) is 25.9 Å². The molecule has 47 heavy (non-hydrogen) atoms. The van der Waals surface area contributed by atoms with Crippen molar-refractivity contribution in [1.29, 1.82) is 0 Å². The lowest BCUT2D eigenvalue weighted by Crippen LogP contribution is -2.62. The minimum absolute atomic E-state index is 0.00361. The highest BCUT2D eigenvalue weighted by Crippen LogP contribution is 2.46. The van der Waals surface area contributed by atoms with Crippen molar-refractivity contribution in [1.82, 2.24) is 25.2 Å². The van der Waals surface area contributed by atoms with Crippen molar-refractivity contribution < 1.29 is 22.6 Å². The fraction of sp³-hybridized carbons (Fsp3) is 0.417. The van der Waals surface area contributed by atoms with Crippen LogP contribution in [-0.4, -0.2) is 82.0 Å². The summed E-state index contributed by atoms with van der Waals surface area (Å²) >= 11 is 0. The maximum Gasteiger partial charge on any atom is 0.319 e. The third-order valence-corrected chi connectivity index (χ3v) is 10.8. The number of anilines is 1. The number of halogens is 3. The van der Waals surface area contributed by atoms with Crippen molar-refractivity contribution in [3.8, 4) is 35.5 Å². The topological polar surface area (TPSA) is 75.6 Å². The van der Waals surface area contributed by atoms with Crippen LogP contribution in [0.1, 0.15) is 38.2 Å². The van der Waals surface area contributed by atoms with E-state index in [1.807, 2.05) is 6.92 Å². The van der Waals surface area contributed by atoms with Crippen molar-refractivity contribution >= 4 is 27.5 Å². The number of pyridine rings is 1. The second-order valence-electron chi connectivity index (χ2n) is 13.7. The van der Waals surface area contributed by atoms with Crippen LogP contribution in [-0.2, 0) is 0 Å². The number of nitrogens with one attached hydrogen (secondary N) is 1. The fourth-order valence-corrected chi connectivity index (χ4v) is 8.87. The molecule has 6 atom stereocenters. The first-order valence-electron chi connectivity index (χ1n) is 16.2. The number of nitrogens with zero attached hydrogens (tertiary/aromatic N) is 5. The maximum atomic E-state index is 17.1. The van der Waals surface area contributed by atoms with E-state index in [1.54, 1.807) is 24.3 Å². The largest absolute Gasteiger partial charge is 0.472 e. The summed E-state index contributed by atoms with van der Waals surface area (Å²) in [5, 5.41) is 5.09. The first-order valence-corrected chi connectivity index (χ1v) is 16.2. The summed E-state index contributed by atoms with van der Waals surface area (Å²) in [6, 6.07) is 8.43. The summed E-state index contributed by atoms with van der Waals surface area (Å²) in [6.07, 6.45) is 7.40. The van der Waals surface area contributed by atoms with Crippen molar-refractivity contribution in [2.45, 2.75) is 68.5 Å². The third-order valence-electron chi connectivity index (χ3n) is 10.8. The predicted octanol–water partition coefficient (Wildman–Crippen LogP) is 5.32. The molecule has 1 N–H and O–H groups in total. The normalized spacial score (nSPS) is 29.5. The molecule has 2 unspecified atom stereocenters. The smallest absolute Gasteiger partial charge is 0.319 e. The molecule has 4 fully saturated rings. The highest BCUT2D eigenvalue weighted by Gasteiger charge is 2.51.